The quantitative estimate of drug-likeness (QED) is 0.259. The van der Waals surface area contributed by atoms with E-state index in [1.807, 2.05) is 67.0 Å². The van der Waals surface area contributed by atoms with Crippen LogP contribution in [0.5, 0.6) is 0 Å². The van der Waals surface area contributed by atoms with E-state index in [9.17, 15) is 13.5 Å². The monoisotopic (exact) mass is 555 g/mol. The Bertz CT molecular complexity index is 1690. The summed E-state index contributed by atoms with van der Waals surface area (Å²) in [6.45, 7) is 0.578. The molecule has 1 aliphatic rings. The zero-order valence-electron chi connectivity index (χ0n) is 21.6. The number of sulfonamides is 1. The number of nitrogens with one attached hydrogen (secondary N) is 1. The summed E-state index contributed by atoms with van der Waals surface area (Å²) in [6, 6.07) is 31.0. The number of nitrogens with zero attached hydrogens (tertiary/aromatic N) is 2. The van der Waals surface area contributed by atoms with Gasteiger partial charge in [-0.3, -0.25) is 4.72 Å². The van der Waals surface area contributed by atoms with Gasteiger partial charge in [-0.15, -0.1) is 0 Å². The SMILES string of the molecule is O=S(=O)(Nc1ccc([C@@H]2O[C@H](Cn3cnc4ccccc43)C[C@H](c3ccc(CO)cc3)O2)cc1)c1ccccc1. The predicted octanol–water partition coefficient (Wildman–Crippen LogP) is 5.58. The van der Waals surface area contributed by atoms with Gasteiger partial charge in [0.2, 0.25) is 0 Å². The fourth-order valence-corrected chi connectivity index (χ4v) is 6.01. The second kappa shape index (κ2) is 11.2. The molecule has 6 rings (SSSR count). The van der Waals surface area contributed by atoms with Gasteiger partial charge in [-0.2, -0.15) is 0 Å². The van der Waals surface area contributed by atoms with Crippen molar-refractivity contribution in [3.8, 4) is 0 Å². The van der Waals surface area contributed by atoms with Gasteiger partial charge in [0, 0.05) is 17.7 Å². The predicted molar refractivity (Wildman–Crippen MR) is 152 cm³/mol. The topological polar surface area (TPSA) is 103 Å². The molecule has 0 bridgehead atoms. The summed E-state index contributed by atoms with van der Waals surface area (Å²) in [4.78, 5) is 4.71. The van der Waals surface area contributed by atoms with Crippen LogP contribution >= 0.6 is 0 Å². The number of fused-ring (bicyclic) bond motifs is 1. The first kappa shape index (κ1) is 26.2. The number of rotatable bonds is 8. The molecule has 0 amide bonds. The highest BCUT2D eigenvalue weighted by molar-refractivity contribution is 7.92. The number of aliphatic hydroxyl groups excluding tert-OH is 1. The largest absolute Gasteiger partial charge is 0.392 e. The minimum atomic E-state index is -3.70. The molecular formula is C31H29N3O5S. The summed E-state index contributed by atoms with van der Waals surface area (Å²) in [6.07, 6.45) is 1.40. The maximum atomic E-state index is 12.7. The smallest absolute Gasteiger partial charge is 0.261 e. The standard InChI is InChI=1S/C31H29N3O5S/c35-20-22-10-12-23(13-11-22)30-18-26(19-34-21-32-28-8-4-5-9-29(28)34)38-31(39-30)24-14-16-25(17-15-24)33-40(36,37)27-6-2-1-3-7-27/h1-17,21,26,30-31,33,35H,18-20H2/t26-,30+,31+/m0/s1. The second-order valence-electron chi connectivity index (χ2n) is 9.78. The highest BCUT2D eigenvalue weighted by atomic mass is 32.2. The molecule has 0 spiro atoms. The van der Waals surface area contributed by atoms with E-state index in [0.717, 1.165) is 27.7 Å². The molecule has 0 saturated carbocycles. The Hall–Kier alpha value is -4.02. The van der Waals surface area contributed by atoms with Crippen LogP contribution in [-0.2, 0) is 32.6 Å². The normalized spacial score (nSPS) is 19.5. The summed E-state index contributed by atoms with van der Waals surface area (Å²) in [7, 11) is -3.70. The Balaban J connectivity index is 1.24. The lowest BCUT2D eigenvalue weighted by atomic mass is 10.00. The third-order valence-corrected chi connectivity index (χ3v) is 8.43. The maximum Gasteiger partial charge on any atom is 0.261 e. The minimum Gasteiger partial charge on any atom is -0.392 e. The van der Waals surface area contributed by atoms with Gasteiger partial charge in [-0.05, 0) is 47.5 Å². The van der Waals surface area contributed by atoms with E-state index in [2.05, 4.69) is 14.3 Å². The van der Waals surface area contributed by atoms with Gasteiger partial charge < -0.3 is 19.1 Å². The summed E-state index contributed by atoms with van der Waals surface area (Å²) in [5.41, 5.74) is 5.02. The summed E-state index contributed by atoms with van der Waals surface area (Å²) >= 11 is 0. The van der Waals surface area contributed by atoms with Crippen molar-refractivity contribution >= 4 is 26.7 Å². The molecule has 1 aliphatic heterocycles. The molecule has 2 heterocycles. The van der Waals surface area contributed by atoms with Crippen molar-refractivity contribution in [1.29, 1.82) is 0 Å². The van der Waals surface area contributed by atoms with E-state index in [1.165, 1.54) is 0 Å². The number of hydrogen-bond acceptors (Lipinski definition) is 6. The highest BCUT2D eigenvalue weighted by Gasteiger charge is 2.32. The first-order valence-corrected chi connectivity index (χ1v) is 14.6. The summed E-state index contributed by atoms with van der Waals surface area (Å²) < 4.78 is 43.1. The molecule has 40 heavy (non-hydrogen) atoms. The van der Waals surface area contributed by atoms with Gasteiger partial charge >= 0.3 is 0 Å². The molecule has 8 nitrogen and oxygen atoms in total. The van der Waals surface area contributed by atoms with E-state index in [0.29, 0.717) is 18.7 Å². The number of anilines is 1. The van der Waals surface area contributed by atoms with Crippen molar-refractivity contribution in [3.63, 3.8) is 0 Å². The zero-order chi connectivity index (χ0) is 27.5. The molecule has 9 heteroatoms. The molecule has 1 aromatic heterocycles. The molecule has 5 aromatic rings. The molecule has 1 fully saturated rings. The first-order valence-electron chi connectivity index (χ1n) is 13.1. The summed E-state index contributed by atoms with van der Waals surface area (Å²) in [5.74, 6) is 0. The van der Waals surface area contributed by atoms with E-state index in [1.54, 1.807) is 42.5 Å². The minimum absolute atomic E-state index is 0.0196. The van der Waals surface area contributed by atoms with Gasteiger partial charge in [0.25, 0.3) is 10.0 Å². The average molecular weight is 556 g/mol. The van der Waals surface area contributed by atoms with Crippen LogP contribution in [-0.4, -0.2) is 29.2 Å². The third-order valence-electron chi connectivity index (χ3n) is 7.03. The van der Waals surface area contributed by atoms with Crippen molar-refractivity contribution in [1.82, 2.24) is 9.55 Å². The third kappa shape index (κ3) is 5.64. The van der Waals surface area contributed by atoms with E-state index < -0.39 is 16.3 Å². The molecule has 0 unspecified atom stereocenters. The zero-order valence-corrected chi connectivity index (χ0v) is 22.4. The Morgan fingerprint density at radius 3 is 2.30 bits per heavy atom. The van der Waals surface area contributed by atoms with Crippen LogP contribution in [0.3, 0.4) is 0 Å². The molecule has 2 N–H and O–H groups in total. The van der Waals surface area contributed by atoms with E-state index >= 15 is 0 Å². The molecule has 0 aliphatic carbocycles. The van der Waals surface area contributed by atoms with Crippen LogP contribution in [0.25, 0.3) is 11.0 Å². The molecule has 3 atom stereocenters. The van der Waals surface area contributed by atoms with Gasteiger partial charge in [0.1, 0.15) is 0 Å². The average Bonchev–Trinajstić information content (AvgIpc) is 3.40. The first-order chi connectivity index (χ1) is 19.5. The fourth-order valence-electron chi connectivity index (χ4n) is 4.93. The lowest BCUT2D eigenvalue weighted by Gasteiger charge is -2.36. The van der Waals surface area contributed by atoms with Crippen molar-refractivity contribution in [2.75, 3.05) is 4.72 Å². The number of ether oxygens (including phenoxy) is 2. The van der Waals surface area contributed by atoms with Crippen molar-refractivity contribution in [2.24, 2.45) is 0 Å². The van der Waals surface area contributed by atoms with Crippen LogP contribution < -0.4 is 4.72 Å². The van der Waals surface area contributed by atoms with Gasteiger partial charge in [0.15, 0.2) is 6.29 Å². The molecule has 4 aromatic carbocycles. The summed E-state index contributed by atoms with van der Waals surface area (Å²) in [5, 5.41) is 9.46. The van der Waals surface area contributed by atoms with Crippen LogP contribution in [0.15, 0.2) is 114 Å². The Kier molecular flexibility index (Phi) is 7.36. The number of para-hydroxylation sites is 2. The number of aliphatic hydroxyl groups is 1. The van der Waals surface area contributed by atoms with Crippen LogP contribution in [0, 0.1) is 0 Å². The number of benzene rings is 4. The highest BCUT2D eigenvalue weighted by Crippen LogP contribution is 2.39. The van der Waals surface area contributed by atoms with Gasteiger partial charge in [-0.25, -0.2) is 13.4 Å². The van der Waals surface area contributed by atoms with Crippen LogP contribution in [0.2, 0.25) is 0 Å². The second-order valence-corrected chi connectivity index (χ2v) is 11.5. The molecular weight excluding hydrogens is 526 g/mol. The van der Waals surface area contributed by atoms with Crippen molar-refractivity contribution in [2.45, 2.75) is 43.0 Å². The maximum absolute atomic E-state index is 12.7. The lowest BCUT2D eigenvalue weighted by molar-refractivity contribution is -0.252. The Morgan fingerprint density at radius 1 is 0.850 bits per heavy atom. The van der Waals surface area contributed by atoms with Gasteiger partial charge in [0.05, 0.1) is 47.6 Å². The number of imidazole rings is 1. The van der Waals surface area contributed by atoms with Gasteiger partial charge in [-0.1, -0.05) is 66.7 Å². The molecule has 0 radical (unpaired) electrons. The number of aromatic nitrogens is 2. The van der Waals surface area contributed by atoms with Crippen LogP contribution in [0.4, 0.5) is 5.69 Å². The lowest BCUT2D eigenvalue weighted by Crippen LogP contribution is -2.32. The van der Waals surface area contributed by atoms with E-state index in [4.69, 9.17) is 9.47 Å². The Labute approximate surface area is 232 Å². The van der Waals surface area contributed by atoms with Crippen molar-refractivity contribution in [3.05, 3.63) is 126 Å². The molecule has 1 saturated heterocycles. The van der Waals surface area contributed by atoms with Crippen molar-refractivity contribution < 1.29 is 23.0 Å². The number of hydrogen-bond donors (Lipinski definition) is 2. The fraction of sp³-hybridized carbons (Fsp3) is 0.194. The molecule has 204 valence electrons. The van der Waals surface area contributed by atoms with Crippen LogP contribution in [0.1, 0.15) is 35.5 Å². The van der Waals surface area contributed by atoms with E-state index in [-0.39, 0.29) is 23.7 Å². The Morgan fingerprint density at radius 2 is 1.55 bits per heavy atom.